The second kappa shape index (κ2) is 4.83. The van der Waals surface area contributed by atoms with Crippen LogP contribution in [0.2, 0.25) is 0 Å². The maximum absolute atomic E-state index is 5.64. The van der Waals surface area contributed by atoms with Crippen LogP contribution >= 0.6 is 0 Å². The fraction of sp³-hybridized carbons (Fsp3) is 0.556. The molecule has 0 spiro atoms. The monoisotopic (exact) mass is 269 g/mol. The number of methoxy groups -OCH3 is 1. The second-order valence-corrected chi connectivity index (χ2v) is 6.38. The molecule has 1 saturated carbocycles. The van der Waals surface area contributed by atoms with Crippen LogP contribution in [0.3, 0.4) is 0 Å². The zero-order valence-electron chi connectivity index (χ0n) is 12.3. The molecule has 4 aliphatic rings. The topological polar surface area (TPSA) is 12.5 Å². The Hall–Kier alpha value is -1.44. The van der Waals surface area contributed by atoms with E-state index in [1.807, 2.05) is 0 Å². The van der Waals surface area contributed by atoms with E-state index in [0.29, 0.717) is 0 Å². The molecule has 2 unspecified atom stereocenters. The molecule has 0 aromatic carbocycles. The summed E-state index contributed by atoms with van der Waals surface area (Å²) in [6.45, 7) is 2.21. The number of hydrogen-bond acceptors (Lipinski definition) is 2. The number of fused-ring (bicyclic) bond motifs is 5. The Morgan fingerprint density at radius 3 is 3.00 bits per heavy atom. The first-order chi connectivity index (χ1) is 9.88. The Kier molecular flexibility index (Phi) is 2.98. The summed E-state index contributed by atoms with van der Waals surface area (Å²) < 4.78 is 5.64. The lowest BCUT2D eigenvalue weighted by Gasteiger charge is -2.45. The minimum atomic E-state index is 0.734. The van der Waals surface area contributed by atoms with Gasteiger partial charge >= 0.3 is 0 Å². The van der Waals surface area contributed by atoms with Gasteiger partial charge in [0, 0.05) is 13.1 Å². The summed E-state index contributed by atoms with van der Waals surface area (Å²) in [5.74, 6) is 2.60. The third-order valence-corrected chi connectivity index (χ3v) is 5.42. The van der Waals surface area contributed by atoms with Crippen molar-refractivity contribution in [2.45, 2.75) is 32.1 Å². The van der Waals surface area contributed by atoms with E-state index in [2.05, 4.69) is 29.2 Å². The molecule has 0 bridgehead atoms. The summed E-state index contributed by atoms with van der Waals surface area (Å²) in [5.41, 5.74) is 4.62. The standard InChI is InChI=1S/C18H23NO/c1-20-17-7-4-11-19-12-10-15-14-6-3-2-5-13(14)8-9-16(15)18(17)19/h4,7-9,14-15H,2-3,5-6,10-12H2,1H3. The zero-order chi connectivity index (χ0) is 13.5. The molecule has 1 saturated heterocycles. The summed E-state index contributed by atoms with van der Waals surface area (Å²) in [4.78, 5) is 2.49. The lowest BCUT2D eigenvalue weighted by atomic mass is 9.67. The third kappa shape index (κ3) is 1.77. The minimum absolute atomic E-state index is 0.734. The normalized spacial score (nSPS) is 31.9. The maximum atomic E-state index is 5.64. The quantitative estimate of drug-likeness (QED) is 0.718. The van der Waals surface area contributed by atoms with Crippen molar-refractivity contribution in [1.82, 2.24) is 4.90 Å². The molecule has 2 heteroatoms. The van der Waals surface area contributed by atoms with Gasteiger partial charge in [-0.2, -0.15) is 0 Å². The number of nitrogens with zero attached hydrogens (tertiary/aromatic N) is 1. The summed E-state index contributed by atoms with van der Waals surface area (Å²) >= 11 is 0. The van der Waals surface area contributed by atoms with Gasteiger partial charge in [-0.1, -0.05) is 30.2 Å². The van der Waals surface area contributed by atoms with Crippen LogP contribution < -0.4 is 0 Å². The van der Waals surface area contributed by atoms with Crippen molar-refractivity contribution >= 4 is 0 Å². The number of hydrogen-bond donors (Lipinski definition) is 0. The predicted molar refractivity (Wildman–Crippen MR) is 81.0 cm³/mol. The molecule has 0 radical (unpaired) electrons. The lowest BCUT2D eigenvalue weighted by Crippen LogP contribution is -2.40. The van der Waals surface area contributed by atoms with Gasteiger partial charge in [0.1, 0.15) is 5.76 Å². The smallest absolute Gasteiger partial charge is 0.142 e. The molecule has 20 heavy (non-hydrogen) atoms. The van der Waals surface area contributed by atoms with Crippen LogP contribution in [-0.4, -0.2) is 25.1 Å². The van der Waals surface area contributed by atoms with Gasteiger partial charge in [0.2, 0.25) is 0 Å². The molecular weight excluding hydrogens is 246 g/mol. The highest BCUT2D eigenvalue weighted by atomic mass is 16.5. The van der Waals surface area contributed by atoms with Crippen molar-refractivity contribution < 1.29 is 4.74 Å². The van der Waals surface area contributed by atoms with Gasteiger partial charge < -0.3 is 9.64 Å². The van der Waals surface area contributed by atoms with E-state index in [4.69, 9.17) is 4.74 Å². The van der Waals surface area contributed by atoms with Gasteiger partial charge in [-0.05, 0) is 49.2 Å². The highest BCUT2D eigenvalue weighted by Gasteiger charge is 2.39. The van der Waals surface area contributed by atoms with Crippen molar-refractivity contribution in [3.05, 3.63) is 46.9 Å². The van der Waals surface area contributed by atoms with Crippen molar-refractivity contribution in [3.63, 3.8) is 0 Å². The molecule has 0 aromatic rings. The van der Waals surface area contributed by atoms with E-state index in [9.17, 15) is 0 Å². The minimum Gasteiger partial charge on any atom is -0.495 e. The van der Waals surface area contributed by atoms with Crippen LogP contribution in [0.1, 0.15) is 32.1 Å². The zero-order valence-corrected chi connectivity index (χ0v) is 12.3. The number of ether oxygens (including phenoxy) is 1. The highest BCUT2D eigenvalue weighted by Crippen LogP contribution is 2.48. The summed E-state index contributed by atoms with van der Waals surface area (Å²) in [7, 11) is 1.80. The van der Waals surface area contributed by atoms with Crippen LogP contribution in [0.4, 0.5) is 0 Å². The van der Waals surface area contributed by atoms with Crippen molar-refractivity contribution in [2.24, 2.45) is 11.8 Å². The van der Waals surface area contributed by atoms with Gasteiger partial charge in [-0.25, -0.2) is 0 Å². The Morgan fingerprint density at radius 1 is 1.15 bits per heavy atom. The van der Waals surface area contributed by atoms with Crippen LogP contribution in [0.15, 0.2) is 46.9 Å². The fourth-order valence-electron chi connectivity index (χ4n) is 4.48. The molecule has 0 N–H and O–H groups in total. The number of rotatable bonds is 1. The first-order valence-corrected chi connectivity index (χ1v) is 7.99. The first kappa shape index (κ1) is 12.3. The Labute approximate surface area is 121 Å². The van der Waals surface area contributed by atoms with Gasteiger partial charge in [-0.3, -0.25) is 0 Å². The van der Waals surface area contributed by atoms with E-state index >= 15 is 0 Å². The van der Waals surface area contributed by atoms with E-state index in [-0.39, 0.29) is 0 Å². The summed E-state index contributed by atoms with van der Waals surface area (Å²) in [6, 6.07) is 0. The van der Waals surface area contributed by atoms with Crippen LogP contribution in [0, 0.1) is 11.8 Å². The fourth-order valence-corrected chi connectivity index (χ4v) is 4.48. The molecule has 2 aliphatic heterocycles. The predicted octanol–water partition coefficient (Wildman–Crippen LogP) is 3.79. The van der Waals surface area contributed by atoms with Crippen LogP contribution in [-0.2, 0) is 4.74 Å². The van der Waals surface area contributed by atoms with Crippen molar-refractivity contribution in [2.75, 3.05) is 20.2 Å². The molecule has 4 rings (SSSR count). The van der Waals surface area contributed by atoms with Gasteiger partial charge in [0.05, 0.1) is 12.8 Å². The number of piperidine rings is 1. The molecule has 2 atom stereocenters. The lowest BCUT2D eigenvalue weighted by molar-refractivity contribution is 0.217. The molecule has 106 valence electrons. The van der Waals surface area contributed by atoms with E-state index in [1.54, 1.807) is 12.7 Å². The van der Waals surface area contributed by atoms with Crippen LogP contribution in [0.25, 0.3) is 0 Å². The highest BCUT2D eigenvalue weighted by molar-refractivity contribution is 5.47. The van der Waals surface area contributed by atoms with Gasteiger partial charge in [0.25, 0.3) is 0 Å². The molecule has 2 aliphatic carbocycles. The van der Waals surface area contributed by atoms with E-state index < -0.39 is 0 Å². The summed E-state index contributed by atoms with van der Waals surface area (Å²) in [6.07, 6.45) is 16.0. The average Bonchev–Trinajstić information content (AvgIpc) is 2.53. The molecule has 2 fully saturated rings. The Balaban J connectivity index is 1.78. The molecule has 0 amide bonds. The largest absolute Gasteiger partial charge is 0.495 e. The van der Waals surface area contributed by atoms with Crippen molar-refractivity contribution in [1.29, 1.82) is 0 Å². The van der Waals surface area contributed by atoms with Crippen LogP contribution in [0.5, 0.6) is 0 Å². The van der Waals surface area contributed by atoms with Crippen molar-refractivity contribution in [3.8, 4) is 0 Å². The van der Waals surface area contributed by atoms with Gasteiger partial charge in [-0.15, -0.1) is 0 Å². The van der Waals surface area contributed by atoms with E-state index in [1.165, 1.54) is 49.9 Å². The SMILES string of the molecule is COC1=C2C3=CC=C4CCCCC4C3CCN2CC=C1. The number of allylic oxidation sites excluding steroid dienone is 5. The second-order valence-electron chi connectivity index (χ2n) is 6.38. The first-order valence-electron chi connectivity index (χ1n) is 7.99. The van der Waals surface area contributed by atoms with E-state index in [0.717, 1.165) is 24.1 Å². The average molecular weight is 269 g/mol. The van der Waals surface area contributed by atoms with Gasteiger partial charge in [0.15, 0.2) is 0 Å². The molecule has 2 nitrogen and oxygen atoms in total. The molecule has 2 heterocycles. The Morgan fingerprint density at radius 2 is 2.10 bits per heavy atom. The maximum Gasteiger partial charge on any atom is 0.142 e. The Bertz CT molecular complexity index is 538. The molecule has 0 aromatic heterocycles. The third-order valence-electron chi connectivity index (χ3n) is 5.42. The molecular formula is C18H23NO. The summed E-state index contributed by atoms with van der Waals surface area (Å²) in [5, 5.41) is 0.